The highest BCUT2D eigenvalue weighted by atomic mass is 16.7. The Kier molecular flexibility index (Phi) is 6.41. The highest BCUT2D eigenvalue weighted by molar-refractivity contribution is 5.71. The van der Waals surface area contributed by atoms with Crippen LogP contribution >= 0.6 is 0 Å². The molecule has 1 saturated heterocycles. The van der Waals surface area contributed by atoms with Gasteiger partial charge in [0.25, 0.3) is 0 Å². The molecule has 0 aliphatic carbocycles. The standard InChI is InChI=1S/C21H24O8/c1-11-6-12(4-5-16(11)24)2-3-13-7-14(23)9-15(8-13)28-21-20(27)19(26)18(25)17(10-22)29-21/h2-9,17-27H,10H2,1H3. The Morgan fingerprint density at radius 2 is 1.66 bits per heavy atom. The third kappa shape index (κ3) is 4.87. The van der Waals surface area contributed by atoms with E-state index in [1.807, 2.05) is 0 Å². The molecule has 3 rings (SSSR count). The molecule has 2 aromatic rings. The lowest BCUT2D eigenvalue weighted by molar-refractivity contribution is -0.277. The molecule has 29 heavy (non-hydrogen) atoms. The van der Waals surface area contributed by atoms with Gasteiger partial charge in [0.05, 0.1) is 6.61 Å². The first-order valence-electron chi connectivity index (χ1n) is 9.07. The maximum Gasteiger partial charge on any atom is 0.229 e. The third-order valence-electron chi connectivity index (χ3n) is 4.70. The number of phenols is 2. The van der Waals surface area contributed by atoms with E-state index in [4.69, 9.17) is 9.47 Å². The minimum absolute atomic E-state index is 0.0892. The van der Waals surface area contributed by atoms with Gasteiger partial charge in [0.15, 0.2) is 0 Å². The summed E-state index contributed by atoms with van der Waals surface area (Å²) in [5, 5.41) is 58.6. The fourth-order valence-corrected chi connectivity index (χ4v) is 3.04. The van der Waals surface area contributed by atoms with Gasteiger partial charge in [-0.2, -0.15) is 0 Å². The first-order chi connectivity index (χ1) is 13.8. The van der Waals surface area contributed by atoms with Crippen molar-refractivity contribution in [3.63, 3.8) is 0 Å². The van der Waals surface area contributed by atoms with Crippen LogP contribution in [0.15, 0.2) is 36.4 Å². The van der Waals surface area contributed by atoms with E-state index < -0.39 is 37.3 Å². The van der Waals surface area contributed by atoms with Crippen LogP contribution in [0.4, 0.5) is 0 Å². The molecule has 0 aromatic heterocycles. The Hall–Kier alpha value is -2.62. The second-order valence-corrected chi connectivity index (χ2v) is 6.95. The minimum atomic E-state index is -1.56. The van der Waals surface area contributed by atoms with Crippen molar-refractivity contribution in [1.82, 2.24) is 0 Å². The van der Waals surface area contributed by atoms with Crippen molar-refractivity contribution in [3.05, 3.63) is 53.1 Å². The molecule has 0 spiro atoms. The number of hydrogen-bond acceptors (Lipinski definition) is 8. The topological polar surface area (TPSA) is 140 Å². The molecular weight excluding hydrogens is 380 g/mol. The Morgan fingerprint density at radius 3 is 2.34 bits per heavy atom. The second kappa shape index (κ2) is 8.81. The van der Waals surface area contributed by atoms with E-state index in [2.05, 4.69) is 0 Å². The van der Waals surface area contributed by atoms with Gasteiger partial charge < -0.3 is 40.1 Å². The minimum Gasteiger partial charge on any atom is -0.508 e. The summed E-state index contributed by atoms with van der Waals surface area (Å²) >= 11 is 0. The molecule has 8 heteroatoms. The normalized spacial score (nSPS) is 27.3. The van der Waals surface area contributed by atoms with Crippen molar-refractivity contribution in [3.8, 4) is 17.2 Å². The predicted molar refractivity (Wildman–Crippen MR) is 104 cm³/mol. The third-order valence-corrected chi connectivity index (χ3v) is 4.70. The molecule has 1 fully saturated rings. The first kappa shape index (κ1) is 21.1. The Bertz CT molecular complexity index is 879. The highest BCUT2D eigenvalue weighted by Gasteiger charge is 2.44. The van der Waals surface area contributed by atoms with Crippen LogP contribution in [0.1, 0.15) is 16.7 Å². The van der Waals surface area contributed by atoms with Crippen molar-refractivity contribution in [2.75, 3.05) is 6.61 Å². The maximum atomic E-state index is 10.1. The zero-order valence-electron chi connectivity index (χ0n) is 15.7. The fourth-order valence-electron chi connectivity index (χ4n) is 3.04. The number of ether oxygens (including phenoxy) is 2. The number of aliphatic hydroxyl groups is 4. The summed E-state index contributed by atoms with van der Waals surface area (Å²) in [5.74, 6) is 0.277. The molecule has 5 atom stereocenters. The Balaban J connectivity index is 1.78. The van der Waals surface area contributed by atoms with Crippen molar-refractivity contribution < 1.29 is 40.1 Å². The van der Waals surface area contributed by atoms with Gasteiger partial charge in [-0.1, -0.05) is 18.2 Å². The molecule has 6 N–H and O–H groups in total. The van der Waals surface area contributed by atoms with Gasteiger partial charge in [-0.15, -0.1) is 0 Å². The summed E-state index contributed by atoms with van der Waals surface area (Å²) in [6.45, 7) is 1.22. The zero-order valence-corrected chi connectivity index (χ0v) is 15.7. The van der Waals surface area contributed by atoms with E-state index in [1.165, 1.54) is 12.1 Å². The molecular formula is C21H24O8. The second-order valence-electron chi connectivity index (χ2n) is 6.95. The van der Waals surface area contributed by atoms with E-state index >= 15 is 0 Å². The Morgan fingerprint density at radius 1 is 0.931 bits per heavy atom. The van der Waals surface area contributed by atoms with Crippen molar-refractivity contribution in [2.45, 2.75) is 37.6 Å². The average Bonchev–Trinajstić information content (AvgIpc) is 2.69. The summed E-state index contributed by atoms with van der Waals surface area (Å²) < 4.78 is 10.9. The predicted octanol–water partition coefficient (Wildman–Crippen LogP) is 0.755. The van der Waals surface area contributed by atoms with Gasteiger partial charge in [0.2, 0.25) is 6.29 Å². The van der Waals surface area contributed by atoms with Gasteiger partial charge in [-0.05, 0) is 47.9 Å². The van der Waals surface area contributed by atoms with E-state index in [-0.39, 0.29) is 17.2 Å². The molecule has 1 heterocycles. The van der Waals surface area contributed by atoms with E-state index in [1.54, 1.807) is 43.3 Å². The van der Waals surface area contributed by atoms with Crippen LogP contribution in [0.5, 0.6) is 17.2 Å². The Labute approximate surface area is 167 Å². The van der Waals surface area contributed by atoms with Crippen LogP contribution < -0.4 is 4.74 Å². The van der Waals surface area contributed by atoms with Crippen LogP contribution in [0.3, 0.4) is 0 Å². The lowest BCUT2D eigenvalue weighted by Gasteiger charge is -2.39. The molecule has 0 bridgehead atoms. The summed E-state index contributed by atoms with van der Waals surface area (Å²) in [6.07, 6.45) is -3.50. The lowest BCUT2D eigenvalue weighted by atomic mass is 9.99. The average molecular weight is 404 g/mol. The number of aryl methyl sites for hydroxylation is 1. The SMILES string of the molecule is Cc1cc(C=Cc2cc(O)cc(OC3OC(CO)C(O)C(O)C3O)c2)ccc1O. The van der Waals surface area contributed by atoms with Gasteiger partial charge in [0.1, 0.15) is 41.7 Å². The summed E-state index contributed by atoms with van der Waals surface area (Å²) in [5.41, 5.74) is 2.17. The van der Waals surface area contributed by atoms with Gasteiger partial charge in [-0.25, -0.2) is 0 Å². The summed E-state index contributed by atoms with van der Waals surface area (Å²) in [6, 6.07) is 9.54. The molecule has 1 aliphatic heterocycles. The van der Waals surface area contributed by atoms with E-state index in [9.17, 15) is 30.6 Å². The summed E-state index contributed by atoms with van der Waals surface area (Å²) in [4.78, 5) is 0. The monoisotopic (exact) mass is 404 g/mol. The first-order valence-corrected chi connectivity index (χ1v) is 9.07. The quantitative estimate of drug-likeness (QED) is 0.401. The fraction of sp³-hybridized carbons (Fsp3) is 0.333. The number of aromatic hydroxyl groups is 2. The van der Waals surface area contributed by atoms with E-state index in [0.717, 1.165) is 11.1 Å². The zero-order chi connectivity index (χ0) is 21.1. The maximum absolute atomic E-state index is 10.1. The van der Waals surface area contributed by atoms with Crippen LogP contribution in [0.25, 0.3) is 12.2 Å². The lowest BCUT2D eigenvalue weighted by Crippen LogP contribution is -2.60. The summed E-state index contributed by atoms with van der Waals surface area (Å²) in [7, 11) is 0. The van der Waals surface area contributed by atoms with Crippen molar-refractivity contribution in [1.29, 1.82) is 0 Å². The number of hydrogen-bond donors (Lipinski definition) is 6. The smallest absolute Gasteiger partial charge is 0.229 e. The van der Waals surface area contributed by atoms with Gasteiger partial charge >= 0.3 is 0 Å². The largest absolute Gasteiger partial charge is 0.508 e. The number of rotatable bonds is 5. The molecule has 0 amide bonds. The van der Waals surface area contributed by atoms with Crippen molar-refractivity contribution in [2.24, 2.45) is 0 Å². The molecule has 156 valence electrons. The van der Waals surface area contributed by atoms with Gasteiger partial charge in [0, 0.05) is 6.07 Å². The highest BCUT2D eigenvalue weighted by Crippen LogP contribution is 2.28. The van der Waals surface area contributed by atoms with Crippen LogP contribution in [-0.4, -0.2) is 68.0 Å². The molecule has 5 unspecified atom stereocenters. The molecule has 0 saturated carbocycles. The van der Waals surface area contributed by atoms with Crippen molar-refractivity contribution >= 4 is 12.2 Å². The van der Waals surface area contributed by atoms with Crippen LogP contribution in [0, 0.1) is 6.92 Å². The number of benzene rings is 2. The van der Waals surface area contributed by atoms with E-state index in [0.29, 0.717) is 5.56 Å². The van der Waals surface area contributed by atoms with Crippen LogP contribution in [0.2, 0.25) is 0 Å². The molecule has 0 radical (unpaired) electrons. The van der Waals surface area contributed by atoms with Gasteiger partial charge in [-0.3, -0.25) is 0 Å². The van der Waals surface area contributed by atoms with Crippen LogP contribution in [-0.2, 0) is 4.74 Å². The molecule has 8 nitrogen and oxygen atoms in total. The molecule has 2 aromatic carbocycles. The number of aliphatic hydroxyl groups excluding tert-OH is 4. The number of phenolic OH excluding ortho intramolecular Hbond substituents is 2. The molecule has 1 aliphatic rings.